The number of nitrogens with one attached hydrogen (secondary N) is 3. The smallest absolute Gasteiger partial charge is 0.419 e. The number of rotatable bonds is 25. The monoisotopic (exact) mass is 1920 g/mol. The number of amides is 6. The number of hydrogen-bond acceptors (Lipinski definition) is 28. The Hall–Kier alpha value is -12.1. The molecule has 0 spiro atoms. The number of pyridine rings is 2. The normalized spacial score (nSPS) is 15.7. The predicted molar refractivity (Wildman–Crippen MR) is 459 cm³/mol. The van der Waals surface area contributed by atoms with Crippen molar-refractivity contribution in [2.75, 3.05) is 44.4 Å². The number of ether oxygens (including phenoxy) is 8. The third-order valence-electron chi connectivity index (χ3n) is 16.9. The number of aliphatic imine (C=N–C) groups is 1. The number of fused-ring (bicyclic) bond motifs is 2. The van der Waals surface area contributed by atoms with E-state index in [2.05, 4.69) is 53.5 Å². The number of carbonyl (C=O) groups excluding carboxylic acids is 12. The van der Waals surface area contributed by atoms with Crippen molar-refractivity contribution in [1.29, 1.82) is 5.26 Å². The molecule has 8 heterocycles. The van der Waals surface area contributed by atoms with Gasteiger partial charge in [0.25, 0.3) is 29.5 Å². The van der Waals surface area contributed by atoms with Gasteiger partial charge in [-0.05, 0) is 159 Å². The largest absolute Gasteiger partial charge is 0.497 e. The number of nitrogens with zero attached hydrogens (tertiary/aromatic N) is 11. The first-order valence-corrected chi connectivity index (χ1v) is 40.6. The molecule has 4 aromatic heterocycles. The maximum Gasteiger partial charge on any atom is 0.419 e. The van der Waals surface area contributed by atoms with Crippen LogP contribution in [-0.4, -0.2) is 202 Å². The molecule has 2 aromatic carbocycles. The van der Waals surface area contributed by atoms with Gasteiger partial charge in [-0.1, -0.05) is 64.6 Å². The molecule has 2 fully saturated rings. The van der Waals surface area contributed by atoms with Crippen molar-refractivity contribution < 1.29 is 138 Å². The molecule has 10 rings (SSSR count). The van der Waals surface area contributed by atoms with Gasteiger partial charge >= 0.3 is 36.1 Å². The molecule has 3 N–H and O–H groups in total. The minimum absolute atomic E-state index is 0. The van der Waals surface area contributed by atoms with Crippen LogP contribution in [0.25, 0.3) is 27.7 Å². The zero-order chi connectivity index (χ0) is 89.0. The molecule has 0 saturated carbocycles. The van der Waals surface area contributed by atoms with Crippen LogP contribution < -0.4 is 30.0 Å². The standard InChI is InChI=1S/C41H45N7O11S.C25H30IN3O8S.C16H16N4O3.CH4.2FH.V/c1-40(2,3)58-31(49)18-29(45-56-8)34(50)44-32-36(52)48-33(38(53)57-21-24-9-11-28(55-7)12-10-24)27(22-60-37(32)48)19-46-15-13-25(14-16-46)26-17-30(35(51)43-23-42)47(20-26)39(54)59-41(4,5)6;1-25(2,3)37-18(30)10-17(28-35-5)21(31)27-19-22(32)29-20(15(11-26)13-38-23(19)29)24(33)36-12-14-6-8-16(34-4)9-7-14;1-16(2,3)23-15(22)20-9-12(11-4-6-18-7-5-11)8-13(20)14(21)19-10-17;;;;/h9-17,20,32,37H,18-19,21-22H2,1-8H3,(H,44,50);6-9,19,23H,10-13H2,1-5H3,(H,27,31);4-9H,1-3H3,(H,19,21);1H4;2*1H;/b45-29-;28-17-;;;;;. The Morgan fingerprint density at radius 1 is 0.576 bits per heavy atom. The van der Waals surface area contributed by atoms with Crippen LogP contribution in [0.2, 0.25) is 0 Å². The minimum Gasteiger partial charge on any atom is -0.497 e. The molecule has 36 nitrogen and oxygen atoms in total. The Kier molecular flexibility index (Phi) is 39.2. The molecule has 125 heavy (non-hydrogen) atoms. The Labute approximate surface area is 753 Å². The van der Waals surface area contributed by atoms with E-state index in [1.54, 1.807) is 199 Å². The number of esters is 4. The molecular weight excluding hydrogens is 1820 g/mol. The number of β-lactam (4-membered cyclic amide) rings is 2. The van der Waals surface area contributed by atoms with Crippen molar-refractivity contribution in [3.8, 4) is 39.9 Å². The van der Waals surface area contributed by atoms with Crippen LogP contribution in [-0.2, 0) is 115 Å². The minimum atomic E-state index is -1.06. The van der Waals surface area contributed by atoms with E-state index in [9.17, 15) is 57.5 Å². The van der Waals surface area contributed by atoms with E-state index in [-0.39, 0.29) is 95.1 Å². The zero-order valence-corrected chi connectivity index (χ0v) is 75.6. The Bertz CT molecular complexity index is 5160. The third-order valence-corrected chi connectivity index (χ3v) is 20.5. The molecule has 6 aromatic rings. The third kappa shape index (κ3) is 29.0. The van der Waals surface area contributed by atoms with Gasteiger partial charge in [-0.25, -0.2) is 32.9 Å². The van der Waals surface area contributed by atoms with Gasteiger partial charge < -0.3 is 68.6 Å². The van der Waals surface area contributed by atoms with Crippen molar-refractivity contribution in [3.63, 3.8) is 0 Å². The summed E-state index contributed by atoms with van der Waals surface area (Å²) in [5.41, 5.74) is 1.72. The van der Waals surface area contributed by atoms with Crippen LogP contribution in [0.5, 0.6) is 11.5 Å². The fourth-order valence-corrected chi connectivity index (χ4v) is 15.4. The molecule has 1 radical (unpaired) electrons. The van der Waals surface area contributed by atoms with Gasteiger partial charge in [-0.2, -0.15) is 5.26 Å². The topological polar surface area (TPSA) is 450 Å². The SMILES string of the molecule is C.CC(C)(C)OC(=O)n1cc(-c2ccncc2)cc1C(=O)NC#N.CO/N=C(/CC(=O)OC(C)(C)C)C(=O)NC1C(=O)N2C(C(=O)OCc3ccc(OC)cc3)=C(CI)CSC12.CO/N=C(/CC(=O)OC(C)(C)C)C(=O)NC1C(=O)N2C(C(=O)OCc3ccc(OC)cc3)=C(C[n+]3ccc(-c4cc(C(=O)N=C=[N-])n(C(=O)OC(C)(C)C)c4)cc3)CSC12.F.F.[V]. The van der Waals surface area contributed by atoms with Crippen LogP contribution in [0.4, 0.5) is 19.0 Å². The fourth-order valence-electron chi connectivity index (χ4n) is 11.7. The second kappa shape index (κ2) is 46.6. The average Bonchev–Trinajstić information content (AvgIpc) is 1.35. The van der Waals surface area contributed by atoms with Gasteiger partial charge in [0, 0.05) is 88.1 Å². The molecule has 0 aliphatic carbocycles. The number of oxime groups is 2. The number of aromatic nitrogens is 4. The van der Waals surface area contributed by atoms with Gasteiger partial charge in [0.2, 0.25) is 5.91 Å². The van der Waals surface area contributed by atoms with Gasteiger partial charge in [-0.3, -0.25) is 67.9 Å². The molecular formula is C83H97F2IN14O22S2V. The first-order chi connectivity index (χ1) is 57.1. The summed E-state index contributed by atoms with van der Waals surface area (Å²) < 4.78 is 47.3. The maximum atomic E-state index is 13.9. The van der Waals surface area contributed by atoms with Gasteiger partial charge in [0.1, 0.15) is 101 Å². The quantitative estimate of drug-likeness (QED) is 0.00458. The number of alkyl halides is 1. The van der Waals surface area contributed by atoms with Crippen LogP contribution in [0.3, 0.4) is 0 Å². The van der Waals surface area contributed by atoms with E-state index in [4.69, 9.17) is 58.2 Å². The summed E-state index contributed by atoms with van der Waals surface area (Å²) >= 11 is 4.89. The van der Waals surface area contributed by atoms with Gasteiger partial charge in [-0.15, -0.1) is 29.5 Å². The summed E-state index contributed by atoms with van der Waals surface area (Å²) in [4.78, 5) is 174. The first kappa shape index (κ1) is 105. The van der Waals surface area contributed by atoms with Crippen LogP contribution in [0.1, 0.15) is 135 Å². The van der Waals surface area contributed by atoms with Crippen molar-refractivity contribution in [2.45, 2.75) is 168 Å². The molecule has 6 amide bonds. The Balaban J connectivity index is 0.000000430. The number of hydrogen-bond donors (Lipinski definition) is 3. The van der Waals surface area contributed by atoms with Crippen molar-refractivity contribution in [3.05, 3.63) is 173 Å². The molecule has 42 heteroatoms. The molecule has 669 valence electrons. The van der Waals surface area contributed by atoms with E-state index in [1.807, 2.05) is 5.32 Å². The van der Waals surface area contributed by atoms with Crippen molar-refractivity contribution in [1.82, 2.24) is 39.9 Å². The number of nitriles is 1. The van der Waals surface area contributed by atoms with Gasteiger partial charge in [0.15, 0.2) is 36.6 Å². The summed E-state index contributed by atoms with van der Waals surface area (Å²) in [5, 5.41) is 31.0. The van der Waals surface area contributed by atoms with Crippen LogP contribution in [0.15, 0.2) is 160 Å². The van der Waals surface area contributed by atoms with E-state index in [0.717, 1.165) is 25.8 Å². The first-order valence-electron chi connectivity index (χ1n) is 37.0. The molecule has 4 aliphatic rings. The van der Waals surface area contributed by atoms with Crippen LogP contribution in [0, 0.1) is 11.5 Å². The van der Waals surface area contributed by atoms with E-state index < -0.39 is 130 Å². The van der Waals surface area contributed by atoms with E-state index >= 15 is 0 Å². The summed E-state index contributed by atoms with van der Waals surface area (Å²) in [6.07, 6.45) is 8.66. The number of carbonyl (C=O) groups is 12. The second-order valence-corrected chi connectivity index (χ2v) is 33.6. The number of thioether (sulfide) groups is 2. The fraction of sp³-hybridized carbons (Fsp3) is 0.398. The Morgan fingerprint density at radius 3 is 1.35 bits per heavy atom. The summed E-state index contributed by atoms with van der Waals surface area (Å²) in [6, 6.07) is 23.4. The molecule has 4 aliphatic heterocycles. The van der Waals surface area contributed by atoms with Gasteiger partial charge in [0.05, 0.1) is 32.8 Å². The van der Waals surface area contributed by atoms with E-state index in [1.165, 1.54) is 85.2 Å². The molecule has 0 bridgehead atoms. The molecule has 2 saturated heterocycles. The summed E-state index contributed by atoms with van der Waals surface area (Å²) in [5.74, 6) is -4.84. The number of benzene rings is 2. The van der Waals surface area contributed by atoms with Crippen molar-refractivity contribution >= 4 is 135 Å². The number of halogens is 3. The molecule has 4 atom stereocenters. The van der Waals surface area contributed by atoms with Crippen molar-refractivity contribution in [2.24, 2.45) is 15.3 Å². The van der Waals surface area contributed by atoms with E-state index in [0.29, 0.717) is 49.5 Å². The second-order valence-electron chi connectivity index (χ2n) is 30.6. The summed E-state index contributed by atoms with van der Waals surface area (Å²) in [7, 11) is 5.56. The predicted octanol–water partition coefficient (Wildman–Crippen LogP) is 10.3. The maximum absolute atomic E-state index is 13.9. The number of methoxy groups -OCH3 is 2. The molecule has 4 unspecified atom stereocenters. The summed E-state index contributed by atoms with van der Waals surface area (Å²) in [6.45, 7) is 20.5. The average molecular weight is 1920 g/mol. The Morgan fingerprint density at radius 2 is 0.968 bits per heavy atom. The van der Waals surface area contributed by atoms with Crippen LogP contribution >= 0.6 is 46.1 Å². The zero-order valence-electron chi connectivity index (χ0n) is 70.4.